The lowest BCUT2D eigenvalue weighted by atomic mass is 9.92. The van der Waals surface area contributed by atoms with Crippen LogP contribution in [0.5, 0.6) is 0 Å². The Labute approximate surface area is 116 Å². The van der Waals surface area contributed by atoms with Crippen molar-refractivity contribution in [2.45, 2.75) is 5.60 Å². The number of aliphatic hydroxyl groups is 1. The van der Waals surface area contributed by atoms with Gasteiger partial charge in [-0.25, -0.2) is 4.99 Å². The van der Waals surface area contributed by atoms with Crippen LogP contribution in [0.25, 0.3) is 0 Å². The molecule has 10 nitrogen and oxygen atoms in total. The zero-order chi connectivity index (χ0) is 15.4. The summed E-state index contributed by atoms with van der Waals surface area (Å²) in [4.78, 5) is 24.5. The highest BCUT2D eigenvalue weighted by Gasteiger charge is 2.61. The minimum Gasteiger partial charge on any atom is -0.416 e. The van der Waals surface area contributed by atoms with Gasteiger partial charge in [-0.15, -0.1) is 0 Å². The minimum atomic E-state index is -2.23. The minimum absolute atomic E-state index is 0.0522. The molecule has 0 saturated carbocycles. The van der Waals surface area contributed by atoms with Crippen molar-refractivity contribution in [3.63, 3.8) is 0 Å². The van der Waals surface area contributed by atoms with Gasteiger partial charge in [-0.05, 0) is 6.07 Å². The summed E-state index contributed by atoms with van der Waals surface area (Å²) in [5.74, 6) is -0.549. The second kappa shape index (κ2) is 3.99. The summed E-state index contributed by atoms with van der Waals surface area (Å²) in [7, 11) is 1.39. The number of nitrogens with zero attached hydrogens (tertiary/aromatic N) is 3. The molecule has 1 aromatic carbocycles. The van der Waals surface area contributed by atoms with E-state index < -0.39 is 21.1 Å². The van der Waals surface area contributed by atoms with E-state index in [4.69, 9.17) is 4.74 Å². The number of nitrogens with one attached hydrogen (secondary N) is 1. The predicted octanol–water partition coefficient (Wildman–Crippen LogP) is 0.521. The van der Waals surface area contributed by atoms with Crippen molar-refractivity contribution in [3.05, 3.63) is 55.6 Å². The van der Waals surface area contributed by atoms with Crippen LogP contribution in [0.1, 0.15) is 5.56 Å². The molecule has 0 amide bonds. The molecule has 2 aliphatic heterocycles. The van der Waals surface area contributed by atoms with Crippen molar-refractivity contribution in [1.82, 2.24) is 5.32 Å². The highest BCUT2D eigenvalue weighted by molar-refractivity contribution is 6.00. The quantitative estimate of drug-likeness (QED) is 0.611. The Morgan fingerprint density at radius 3 is 2.62 bits per heavy atom. The van der Waals surface area contributed by atoms with E-state index in [1.54, 1.807) is 0 Å². The fourth-order valence-electron chi connectivity index (χ4n) is 2.35. The van der Waals surface area contributed by atoms with Gasteiger partial charge in [-0.1, -0.05) is 0 Å². The zero-order valence-corrected chi connectivity index (χ0v) is 10.6. The lowest BCUT2D eigenvalue weighted by Crippen LogP contribution is -2.34. The molecule has 0 fully saturated rings. The molecule has 2 N–H and O–H groups in total. The van der Waals surface area contributed by atoms with Crippen LogP contribution < -0.4 is 5.32 Å². The van der Waals surface area contributed by atoms with Crippen LogP contribution in [-0.4, -0.2) is 27.9 Å². The van der Waals surface area contributed by atoms with Crippen molar-refractivity contribution >= 4 is 17.3 Å². The van der Waals surface area contributed by atoms with Crippen LogP contribution in [0.15, 0.2) is 34.8 Å². The molecule has 0 aliphatic carbocycles. The Morgan fingerprint density at radius 1 is 1.33 bits per heavy atom. The Hall–Kier alpha value is -3.01. The lowest BCUT2D eigenvalue weighted by Gasteiger charge is -2.14. The van der Waals surface area contributed by atoms with E-state index in [0.29, 0.717) is 0 Å². The monoisotopic (exact) mass is 292 g/mol. The van der Waals surface area contributed by atoms with E-state index in [2.05, 4.69) is 10.3 Å². The van der Waals surface area contributed by atoms with Gasteiger partial charge in [0, 0.05) is 24.7 Å². The summed E-state index contributed by atoms with van der Waals surface area (Å²) < 4.78 is 5.15. The number of nitro groups is 2. The maximum atomic E-state index is 11.2. The third-order valence-corrected chi connectivity index (χ3v) is 3.28. The number of hydrogen-bond acceptors (Lipinski definition) is 8. The summed E-state index contributed by atoms with van der Waals surface area (Å²) in [6.45, 7) is 0. The van der Waals surface area contributed by atoms with Gasteiger partial charge in [-0.3, -0.25) is 20.2 Å². The molecule has 0 spiro atoms. The average molecular weight is 292 g/mol. The molecule has 21 heavy (non-hydrogen) atoms. The largest absolute Gasteiger partial charge is 0.416 e. The Balaban J connectivity index is 2.25. The summed E-state index contributed by atoms with van der Waals surface area (Å²) >= 11 is 0. The van der Waals surface area contributed by atoms with Crippen LogP contribution in [0.3, 0.4) is 0 Å². The van der Waals surface area contributed by atoms with Crippen LogP contribution >= 0.6 is 0 Å². The van der Waals surface area contributed by atoms with E-state index in [1.807, 2.05) is 0 Å². The number of hydrogen-bond donors (Lipinski definition) is 2. The molecular weight excluding hydrogens is 284 g/mol. The molecule has 0 aromatic heterocycles. The highest BCUT2D eigenvalue weighted by Crippen LogP contribution is 2.49. The number of nitro benzene ring substituents is 1. The van der Waals surface area contributed by atoms with Gasteiger partial charge in [0.25, 0.3) is 17.2 Å². The zero-order valence-electron chi connectivity index (χ0n) is 10.6. The Bertz CT molecular complexity index is 755. The van der Waals surface area contributed by atoms with Gasteiger partial charge in [0.15, 0.2) is 0 Å². The fraction of sp³-hybridized carbons (Fsp3) is 0.182. The number of benzene rings is 1. The molecule has 0 radical (unpaired) electrons. The van der Waals surface area contributed by atoms with Crippen molar-refractivity contribution in [2.24, 2.45) is 4.99 Å². The topological polar surface area (TPSA) is 140 Å². The van der Waals surface area contributed by atoms with E-state index in [0.717, 1.165) is 6.07 Å². The summed E-state index contributed by atoms with van der Waals surface area (Å²) in [5, 5.41) is 35.2. The van der Waals surface area contributed by atoms with Crippen molar-refractivity contribution < 1.29 is 19.7 Å². The van der Waals surface area contributed by atoms with Crippen LogP contribution in [0, 0.1) is 20.2 Å². The van der Waals surface area contributed by atoms with Crippen LogP contribution in [0.4, 0.5) is 11.4 Å². The van der Waals surface area contributed by atoms with Gasteiger partial charge in [0.1, 0.15) is 0 Å². The van der Waals surface area contributed by atoms with Gasteiger partial charge in [0.2, 0.25) is 5.90 Å². The first kappa shape index (κ1) is 13.0. The van der Waals surface area contributed by atoms with E-state index >= 15 is 0 Å². The van der Waals surface area contributed by atoms with Crippen molar-refractivity contribution in [3.8, 4) is 0 Å². The van der Waals surface area contributed by atoms with Gasteiger partial charge < -0.3 is 15.2 Å². The molecule has 2 heterocycles. The van der Waals surface area contributed by atoms with E-state index in [1.165, 1.54) is 19.2 Å². The lowest BCUT2D eigenvalue weighted by molar-refractivity contribution is -0.442. The third-order valence-electron chi connectivity index (χ3n) is 3.28. The Morgan fingerprint density at radius 2 is 2.05 bits per heavy atom. The second-order valence-electron chi connectivity index (χ2n) is 4.37. The first-order valence-corrected chi connectivity index (χ1v) is 5.74. The van der Waals surface area contributed by atoms with E-state index in [9.17, 15) is 25.3 Å². The molecule has 3 rings (SSSR count). The van der Waals surface area contributed by atoms with Gasteiger partial charge >= 0.3 is 5.70 Å². The smallest absolute Gasteiger partial charge is 0.351 e. The number of rotatable bonds is 3. The molecule has 10 heteroatoms. The first-order chi connectivity index (χ1) is 9.89. The Kier molecular flexibility index (Phi) is 2.47. The molecule has 0 unspecified atom stereocenters. The number of ether oxygens (including phenoxy) is 1. The number of non-ortho nitro benzene ring substituents is 1. The SMILES string of the molecule is CNC1=C([N+](=O)[O-])[C@]2(O)C(=Nc3ccc([N+](=O)[O-])cc32)O1. The second-order valence-corrected chi connectivity index (χ2v) is 4.37. The molecule has 1 atom stereocenters. The molecule has 1 aromatic rings. The number of fused-ring (bicyclic) bond motifs is 3. The van der Waals surface area contributed by atoms with Gasteiger partial charge in [-0.2, -0.15) is 0 Å². The molecule has 0 bridgehead atoms. The molecule has 108 valence electrons. The third kappa shape index (κ3) is 1.53. The van der Waals surface area contributed by atoms with Crippen molar-refractivity contribution in [1.29, 1.82) is 0 Å². The molecular formula is C11H8N4O6. The van der Waals surface area contributed by atoms with E-state index in [-0.39, 0.29) is 28.7 Å². The predicted molar refractivity (Wildman–Crippen MR) is 68.3 cm³/mol. The molecule has 0 saturated heterocycles. The fourth-order valence-corrected chi connectivity index (χ4v) is 2.35. The maximum Gasteiger partial charge on any atom is 0.351 e. The highest BCUT2D eigenvalue weighted by atomic mass is 16.6. The van der Waals surface area contributed by atoms with Crippen molar-refractivity contribution in [2.75, 3.05) is 7.05 Å². The normalized spacial score (nSPS) is 22.3. The van der Waals surface area contributed by atoms with Gasteiger partial charge in [0.05, 0.1) is 15.5 Å². The number of aliphatic imine (C=N–C) groups is 1. The first-order valence-electron chi connectivity index (χ1n) is 5.74. The standard InChI is InChI=1S/C11H8N4O6/c1-12-9-8(15(19)20)11(16)6-4-5(14(17)18)2-3-7(6)13-10(11)21-9/h2-4,12,16H,1H3/t11-/m0/s1. The molecule has 2 aliphatic rings. The van der Waals surface area contributed by atoms with Crippen LogP contribution in [-0.2, 0) is 10.3 Å². The summed E-state index contributed by atoms with van der Waals surface area (Å²) in [6.07, 6.45) is 0. The average Bonchev–Trinajstić information content (AvgIpc) is 2.86. The summed E-state index contributed by atoms with van der Waals surface area (Å²) in [5.41, 5.74) is -3.05. The summed E-state index contributed by atoms with van der Waals surface area (Å²) in [6, 6.07) is 3.55. The maximum absolute atomic E-state index is 11.2. The van der Waals surface area contributed by atoms with Crippen LogP contribution in [0.2, 0.25) is 0 Å².